The van der Waals surface area contributed by atoms with Crippen LogP contribution >= 0.6 is 0 Å². The fraction of sp³-hybridized carbons (Fsp3) is 0. The van der Waals surface area contributed by atoms with Gasteiger partial charge in [0.2, 0.25) is 0 Å². The third-order valence-corrected chi connectivity index (χ3v) is 0.514. The molecule has 0 aromatic carbocycles. The van der Waals surface area contributed by atoms with E-state index in [0.717, 1.165) is 6.20 Å². The third-order valence-electron chi connectivity index (χ3n) is 0.514. The first kappa shape index (κ1) is 3.91. The van der Waals surface area contributed by atoms with Crippen LogP contribution < -0.4 is 0 Å². The van der Waals surface area contributed by atoms with Crippen molar-refractivity contribution in [2.45, 2.75) is 0 Å². The van der Waals surface area contributed by atoms with Crippen LogP contribution in [0.3, 0.4) is 0 Å². The quantitative estimate of drug-likeness (QED) is 0.420. The number of aromatic hydroxyl groups is 1. The van der Waals surface area contributed by atoms with E-state index in [1.165, 1.54) is 0 Å². The van der Waals surface area contributed by atoms with Gasteiger partial charge in [-0.3, -0.25) is 0 Å². The summed E-state index contributed by atoms with van der Waals surface area (Å²) in [6, 6.07) is 0. The van der Waals surface area contributed by atoms with Crippen LogP contribution in [0.4, 0.5) is 0 Å². The summed E-state index contributed by atoms with van der Waals surface area (Å²) < 4.78 is 0. The van der Waals surface area contributed by atoms with Crippen molar-refractivity contribution in [2.75, 3.05) is 0 Å². The molecule has 1 heterocycles. The Bertz CT molecular complexity index is 143. The average molecular weight is 101 g/mol. The predicted molar refractivity (Wildman–Crippen MR) is 18.9 cm³/mol. The molecule has 0 atom stereocenters. The van der Waals surface area contributed by atoms with E-state index in [-0.39, 0.29) is 10.7 Å². The lowest BCUT2D eigenvalue weighted by Gasteiger charge is -1.81. The largest absolute Gasteiger partial charge is 0.490 e. The smallest absolute Gasteiger partial charge is 0.268 e. The highest BCUT2D eigenvalue weighted by Crippen LogP contribution is 1.96. The minimum Gasteiger partial charge on any atom is -0.490 e. The Balaban J connectivity index is 3.12. The van der Waals surface area contributed by atoms with E-state index in [1.54, 1.807) is 0 Å². The molecule has 0 aliphatic heterocycles. The molecule has 0 radical (unpaired) electrons. The van der Waals surface area contributed by atoms with Gasteiger partial charge in [-0.05, 0) is 10.1 Å². The van der Waals surface area contributed by atoms with E-state index in [2.05, 4.69) is 10.3 Å². The molecule has 0 unspecified atom stereocenters. The summed E-state index contributed by atoms with van der Waals surface area (Å²) in [5.74, 6) is -0.361. The second-order valence-electron chi connectivity index (χ2n) is 0.982. The Morgan fingerprint density at radius 2 is 2.43 bits per heavy atom. The number of rotatable bonds is 0. The molecule has 1 aromatic heterocycles. The fourth-order valence-corrected chi connectivity index (χ4v) is 0.224. The minimum atomic E-state index is -0.361. The van der Waals surface area contributed by atoms with E-state index >= 15 is 0 Å². The summed E-state index contributed by atoms with van der Waals surface area (Å²) in [6.07, 6.45) is 1.03. The van der Waals surface area contributed by atoms with Crippen LogP contribution in [0.2, 0.25) is 0 Å². The summed E-state index contributed by atoms with van der Waals surface area (Å²) in [4.78, 5) is 0.278. The second kappa shape index (κ2) is 1.11. The van der Waals surface area contributed by atoms with Gasteiger partial charge in [-0.25, -0.2) is 0 Å². The molecule has 2 N–H and O–H groups in total. The SMILES string of the molecule is Oc1cnnn1O. The zero-order valence-corrected chi connectivity index (χ0v) is 3.31. The van der Waals surface area contributed by atoms with Crippen molar-refractivity contribution in [1.29, 1.82) is 0 Å². The van der Waals surface area contributed by atoms with Crippen molar-refractivity contribution in [3.05, 3.63) is 6.20 Å². The van der Waals surface area contributed by atoms with Crippen molar-refractivity contribution >= 4 is 0 Å². The summed E-state index contributed by atoms with van der Waals surface area (Å²) in [6.45, 7) is 0. The Morgan fingerprint density at radius 3 is 2.57 bits per heavy atom. The summed E-state index contributed by atoms with van der Waals surface area (Å²) >= 11 is 0. The lowest BCUT2D eigenvalue weighted by Crippen LogP contribution is -1.90. The maximum Gasteiger partial charge on any atom is 0.268 e. The van der Waals surface area contributed by atoms with Gasteiger partial charge >= 0.3 is 0 Å². The molecule has 5 heteroatoms. The van der Waals surface area contributed by atoms with Crippen LogP contribution in [-0.2, 0) is 0 Å². The van der Waals surface area contributed by atoms with Crippen molar-refractivity contribution in [1.82, 2.24) is 15.2 Å². The van der Waals surface area contributed by atoms with Gasteiger partial charge < -0.3 is 10.3 Å². The van der Waals surface area contributed by atoms with Gasteiger partial charge in [-0.2, -0.15) is 0 Å². The Hall–Kier alpha value is -1.26. The van der Waals surface area contributed by atoms with E-state index in [0.29, 0.717) is 0 Å². The maximum absolute atomic E-state index is 8.35. The number of nitrogens with zero attached hydrogens (tertiary/aromatic N) is 3. The standard InChI is InChI=1S/C2H3N3O2/c6-2-1-3-4-5(2)7/h1,6-7H. The molecule has 0 bridgehead atoms. The molecule has 1 rings (SSSR count). The molecule has 0 spiro atoms. The van der Waals surface area contributed by atoms with E-state index < -0.39 is 0 Å². The fourth-order valence-electron chi connectivity index (χ4n) is 0.224. The van der Waals surface area contributed by atoms with Crippen LogP contribution in [0.5, 0.6) is 5.88 Å². The van der Waals surface area contributed by atoms with Gasteiger partial charge in [0, 0.05) is 0 Å². The molecule has 0 saturated carbocycles. The summed E-state index contributed by atoms with van der Waals surface area (Å²) in [5.41, 5.74) is 0. The van der Waals surface area contributed by atoms with E-state index in [9.17, 15) is 0 Å². The average Bonchev–Trinajstić information content (AvgIpc) is 1.91. The molecular formula is C2H3N3O2. The molecule has 0 fully saturated rings. The van der Waals surface area contributed by atoms with Crippen LogP contribution in [0, 0.1) is 0 Å². The molecule has 7 heavy (non-hydrogen) atoms. The minimum absolute atomic E-state index is 0.278. The molecule has 5 nitrogen and oxygen atoms in total. The van der Waals surface area contributed by atoms with Gasteiger partial charge in [0.1, 0.15) is 6.20 Å². The van der Waals surface area contributed by atoms with E-state index in [4.69, 9.17) is 10.3 Å². The van der Waals surface area contributed by atoms with Gasteiger partial charge in [-0.15, -0.1) is 5.10 Å². The highest BCUT2D eigenvalue weighted by Gasteiger charge is 1.92. The van der Waals surface area contributed by atoms with Crippen LogP contribution in [0.15, 0.2) is 6.20 Å². The molecule has 0 saturated heterocycles. The zero-order chi connectivity index (χ0) is 5.28. The van der Waals surface area contributed by atoms with Gasteiger partial charge in [-0.1, -0.05) is 0 Å². The summed E-state index contributed by atoms with van der Waals surface area (Å²) in [7, 11) is 0. The number of hydrogen-bond acceptors (Lipinski definition) is 4. The van der Waals surface area contributed by atoms with Gasteiger partial charge in [0.05, 0.1) is 0 Å². The molecule has 0 aliphatic carbocycles. The lowest BCUT2D eigenvalue weighted by atomic mass is 10.9. The predicted octanol–water partition coefficient (Wildman–Crippen LogP) is -0.779. The Kier molecular flexibility index (Phi) is 0.619. The zero-order valence-electron chi connectivity index (χ0n) is 3.31. The van der Waals surface area contributed by atoms with Crippen molar-refractivity contribution in [3.8, 4) is 5.88 Å². The summed E-state index contributed by atoms with van der Waals surface area (Å²) in [5, 5.41) is 22.7. The third kappa shape index (κ3) is 0.466. The molecule has 1 aromatic rings. The van der Waals surface area contributed by atoms with Gasteiger partial charge in [0.25, 0.3) is 5.88 Å². The van der Waals surface area contributed by atoms with Crippen LogP contribution in [-0.4, -0.2) is 25.5 Å². The molecular weight excluding hydrogens is 98.0 g/mol. The monoisotopic (exact) mass is 101 g/mol. The topological polar surface area (TPSA) is 71.2 Å². The normalized spacial score (nSPS) is 9.14. The second-order valence-corrected chi connectivity index (χ2v) is 0.982. The molecule has 0 aliphatic rings. The van der Waals surface area contributed by atoms with E-state index in [1.807, 2.05) is 0 Å². The van der Waals surface area contributed by atoms with Gasteiger partial charge in [0.15, 0.2) is 0 Å². The number of hydrogen-bond donors (Lipinski definition) is 2. The maximum atomic E-state index is 8.35. The van der Waals surface area contributed by atoms with Crippen molar-refractivity contribution in [3.63, 3.8) is 0 Å². The highest BCUT2D eigenvalue weighted by atomic mass is 16.5. The first-order chi connectivity index (χ1) is 3.30. The van der Waals surface area contributed by atoms with Crippen LogP contribution in [0.25, 0.3) is 0 Å². The first-order valence-electron chi connectivity index (χ1n) is 1.59. The lowest BCUT2D eigenvalue weighted by molar-refractivity contribution is 0.117. The Labute approximate surface area is 38.8 Å². The molecule has 0 amide bonds. The van der Waals surface area contributed by atoms with Crippen molar-refractivity contribution in [2.24, 2.45) is 0 Å². The number of aromatic nitrogens is 3. The first-order valence-corrected chi connectivity index (χ1v) is 1.59. The highest BCUT2D eigenvalue weighted by molar-refractivity contribution is 4.94. The van der Waals surface area contributed by atoms with Crippen LogP contribution in [0.1, 0.15) is 0 Å². The van der Waals surface area contributed by atoms with Crippen molar-refractivity contribution < 1.29 is 10.3 Å². The molecule has 38 valence electrons. The Morgan fingerprint density at radius 1 is 1.71 bits per heavy atom.